The normalized spacial score (nSPS) is 13.8. The molecule has 2 amide bonds. The van der Waals surface area contributed by atoms with E-state index in [1.165, 1.54) is 43.8 Å². The third kappa shape index (κ3) is 18.6. The lowest BCUT2D eigenvalue weighted by Gasteiger charge is -2.11. The molecule has 1 aliphatic rings. The summed E-state index contributed by atoms with van der Waals surface area (Å²) < 4.78 is 0. The number of nitrogens with one attached hydrogen (secondary N) is 1. The molecule has 0 bridgehead atoms. The Morgan fingerprint density at radius 3 is 2.04 bits per heavy atom. The molecule has 1 aliphatic heterocycles. The number of nitrogens with zero attached hydrogens (tertiary/aromatic N) is 2. The van der Waals surface area contributed by atoms with Crippen LogP contribution in [0.1, 0.15) is 54.4 Å². The van der Waals surface area contributed by atoms with Crippen molar-refractivity contribution in [3.05, 3.63) is 24.3 Å². The van der Waals surface area contributed by atoms with Crippen LogP contribution >= 0.6 is 0 Å². The highest BCUT2D eigenvalue weighted by atomic mass is 16.2. The number of allylic oxidation sites excluding steroid dienone is 1. The Labute approximate surface area is 165 Å². The van der Waals surface area contributed by atoms with Crippen molar-refractivity contribution in [1.29, 1.82) is 0 Å². The first-order chi connectivity index (χ1) is 12.7. The van der Waals surface area contributed by atoms with Crippen molar-refractivity contribution in [3.8, 4) is 0 Å². The summed E-state index contributed by atoms with van der Waals surface area (Å²) in [5, 5.41) is 2.72. The molecule has 6 nitrogen and oxygen atoms in total. The van der Waals surface area contributed by atoms with Crippen LogP contribution in [0.15, 0.2) is 24.3 Å². The molecule has 1 heterocycles. The molecule has 1 saturated heterocycles. The molecule has 1 N–H and O–H groups in total. The maximum absolute atomic E-state index is 11.1. The van der Waals surface area contributed by atoms with Crippen molar-refractivity contribution in [1.82, 2.24) is 15.1 Å². The molecule has 0 aromatic rings. The lowest BCUT2D eigenvalue weighted by atomic mass is 10.3. The van der Waals surface area contributed by atoms with Crippen molar-refractivity contribution >= 4 is 17.6 Å². The molecule has 1 fully saturated rings. The summed E-state index contributed by atoms with van der Waals surface area (Å²) in [5.41, 5.74) is 0. The standard InChI is InChI=1S/C10H18N2O2.C9H15NO.C2H6/c1-8(2)11-10(14)6-5-7-12(4)9(3)13;1-9(11)5-4-8-10-6-2-3-7-10;1-2/h5-6,8H,7H2,1-4H3,(H,11,14);4-5H,2-3,6-8H2,1H3;1-2H3/b6-5+;5-4+;. The van der Waals surface area contributed by atoms with Gasteiger partial charge in [-0.05, 0) is 52.8 Å². The second-order valence-corrected chi connectivity index (χ2v) is 6.49. The minimum atomic E-state index is -0.128. The number of likely N-dealkylation sites (N-methyl/N-ethyl adjacent to an activating group) is 1. The van der Waals surface area contributed by atoms with Gasteiger partial charge in [-0.15, -0.1) is 0 Å². The summed E-state index contributed by atoms with van der Waals surface area (Å²) in [6.07, 6.45) is 9.34. The van der Waals surface area contributed by atoms with E-state index < -0.39 is 0 Å². The van der Waals surface area contributed by atoms with E-state index in [-0.39, 0.29) is 23.6 Å². The van der Waals surface area contributed by atoms with Gasteiger partial charge in [-0.2, -0.15) is 0 Å². The third-order valence-corrected chi connectivity index (χ3v) is 3.53. The summed E-state index contributed by atoms with van der Waals surface area (Å²) in [4.78, 5) is 36.3. The fourth-order valence-electron chi connectivity index (χ4n) is 2.11. The lowest BCUT2D eigenvalue weighted by molar-refractivity contribution is -0.127. The van der Waals surface area contributed by atoms with Crippen LogP contribution in [-0.4, -0.2) is 66.7 Å². The van der Waals surface area contributed by atoms with E-state index in [1.54, 1.807) is 26.1 Å². The van der Waals surface area contributed by atoms with Gasteiger partial charge in [0.2, 0.25) is 11.8 Å². The Kier molecular flexibility index (Phi) is 17.6. The monoisotopic (exact) mass is 381 g/mol. The van der Waals surface area contributed by atoms with Gasteiger partial charge in [-0.3, -0.25) is 19.3 Å². The Balaban J connectivity index is 0. The molecule has 0 atom stereocenters. The van der Waals surface area contributed by atoms with Crippen LogP contribution in [0.4, 0.5) is 0 Å². The largest absolute Gasteiger partial charge is 0.350 e. The molecule has 0 saturated carbocycles. The predicted molar refractivity (Wildman–Crippen MR) is 113 cm³/mol. The quantitative estimate of drug-likeness (QED) is 0.689. The van der Waals surface area contributed by atoms with Crippen molar-refractivity contribution in [2.75, 3.05) is 33.2 Å². The van der Waals surface area contributed by atoms with E-state index in [1.807, 2.05) is 33.8 Å². The fraction of sp³-hybridized carbons (Fsp3) is 0.667. The summed E-state index contributed by atoms with van der Waals surface area (Å²) in [7, 11) is 1.69. The highest BCUT2D eigenvalue weighted by molar-refractivity contribution is 5.87. The number of carbonyl (C=O) groups is 3. The zero-order valence-electron chi connectivity index (χ0n) is 18.2. The van der Waals surface area contributed by atoms with Gasteiger partial charge in [0.1, 0.15) is 0 Å². The number of hydrogen-bond donors (Lipinski definition) is 1. The Hall–Kier alpha value is -1.95. The second-order valence-electron chi connectivity index (χ2n) is 6.49. The fourth-order valence-corrected chi connectivity index (χ4v) is 2.11. The van der Waals surface area contributed by atoms with Crippen LogP contribution in [0.3, 0.4) is 0 Å². The van der Waals surface area contributed by atoms with Gasteiger partial charge in [0.05, 0.1) is 0 Å². The van der Waals surface area contributed by atoms with Gasteiger partial charge in [0.15, 0.2) is 5.78 Å². The van der Waals surface area contributed by atoms with Crippen molar-refractivity contribution in [2.24, 2.45) is 0 Å². The van der Waals surface area contributed by atoms with E-state index in [0.717, 1.165) is 6.54 Å². The zero-order chi connectivity index (χ0) is 21.2. The molecule has 27 heavy (non-hydrogen) atoms. The van der Waals surface area contributed by atoms with Crippen LogP contribution in [0.2, 0.25) is 0 Å². The van der Waals surface area contributed by atoms with Crippen LogP contribution < -0.4 is 5.32 Å². The highest BCUT2D eigenvalue weighted by Gasteiger charge is 2.08. The van der Waals surface area contributed by atoms with Gasteiger partial charge in [-0.1, -0.05) is 26.0 Å². The first-order valence-corrected chi connectivity index (χ1v) is 9.80. The maximum atomic E-state index is 11.1. The average Bonchev–Trinajstić information content (AvgIpc) is 3.09. The summed E-state index contributed by atoms with van der Waals surface area (Å²) in [5.74, 6) is 0.0000618. The molecular formula is C21H39N3O3. The minimum Gasteiger partial charge on any atom is -0.350 e. The second kappa shape index (κ2) is 17.5. The Morgan fingerprint density at radius 1 is 1.04 bits per heavy atom. The van der Waals surface area contributed by atoms with Gasteiger partial charge in [-0.25, -0.2) is 0 Å². The third-order valence-electron chi connectivity index (χ3n) is 3.53. The molecule has 0 radical (unpaired) electrons. The topological polar surface area (TPSA) is 69.7 Å². The molecule has 0 spiro atoms. The van der Waals surface area contributed by atoms with Crippen LogP contribution in [0.25, 0.3) is 0 Å². The smallest absolute Gasteiger partial charge is 0.243 e. The molecular weight excluding hydrogens is 342 g/mol. The first-order valence-electron chi connectivity index (χ1n) is 9.80. The summed E-state index contributed by atoms with van der Waals surface area (Å²) in [6, 6.07) is 0.137. The van der Waals surface area contributed by atoms with Crippen LogP contribution in [0.5, 0.6) is 0 Å². The molecule has 6 heteroatoms. The zero-order valence-corrected chi connectivity index (χ0v) is 18.2. The van der Waals surface area contributed by atoms with E-state index in [0.29, 0.717) is 6.54 Å². The Bertz CT molecular complexity index is 479. The number of amides is 2. The maximum Gasteiger partial charge on any atom is 0.243 e. The SMILES string of the molecule is CC.CC(=O)/C=C/CN1CCCC1.CC(=O)N(C)C/C=C/C(=O)NC(C)C. The average molecular weight is 382 g/mol. The van der Waals surface area contributed by atoms with E-state index in [4.69, 9.17) is 0 Å². The first kappa shape index (κ1) is 27.3. The number of likely N-dealkylation sites (tertiary alicyclic amines) is 1. The molecule has 0 aliphatic carbocycles. The summed E-state index contributed by atoms with van der Waals surface area (Å²) >= 11 is 0. The highest BCUT2D eigenvalue weighted by Crippen LogP contribution is 2.06. The van der Waals surface area contributed by atoms with Crippen LogP contribution in [0, 0.1) is 0 Å². The van der Waals surface area contributed by atoms with E-state index in [9.17, 15) is 14.4 Å². The number of rotatable bonds is 7. The minimum absolute atomic E-state index is 0.0149. The van der Waals surface area contributed by atoms with Crippen LogP contribution in [-0.2, 0) is 14.4 Å². The molecule has 1 rings (SSSR count). The molecule has 0 unspecified atom stereocenters. The number of ketones is 1. The molecule has 0 aromatic heterocycles. The van der Waals surface area contributed by atoms with E-state index in [2.05, 4.69) is 10.2 Å². The molecule has 0 aromatic carbocycles. The van der Waals surface area contributed by atoms with Gasteiger partial charge >= 0.3 is 0 Å². The lowest BCUT2D eigenvalue weighted by Crippen LogP contribution is -2.29. The number of hydrogen-bond acceptors (Lipinski definition) is 4. The summed E-state index contributed by atoms with van der Waals surface area (Å²) in [6.45, 7) is 14.7. The van der Waals surface area contributed by atoms with Crippen molar-refractivity contribution in [2.45, 2.75) is 60.4 Å². The van der Waals surface area contributed by atoms with E-state index >= 15 is 0 Å². The van der Waals surface area contributed by atoms with Gasteiger partial charge in [0.25, 0.3) is 0 Å². The molecule has 156 valence electrons. The Morgan fingerprint density at radius 2 is 1.59 bits per heavy atom. The van der Waals surface area contributed by atoms with Gasteiger partial charge < -0.3 is 10.2 Å². The van der Waals surface area contributed by atoms with Crippen molar-refractivity contribution in [3.63, 3.8) is 0 Å². The van der Waals surface area contributed by atoms with Crippen molar-refractivity contribution < 1.29 is 14.4 Å². The number of carbonyl (C=O) groups excluding carboxylic acids is 3. The predicted octanol–water partition coefficient (Wildman–Crippen LogP) is 2.80. The van der Waals surface area contributed by atoms with Gasteiger partial charge in [0, 0.05) is 39.2 Å².